The number of likely N-dealkylation sites (tertiary alicyclic amines) is 1. The molecule has 0 unspecified atom stereocenters. The third-order valence-corrected chi connectivity index (χ3v) is 6.45. The Balaban J connectivity index is 1.63. The van der Waals surface area contributed by atoms with Gasteiger partial charge in [-0.1, -0.05) is 18.2 Å². The van der Waals surface area contributed by atoms with E-state index >= 15 is 0 Å². The highest BCUT2D eigenvalue weighted by atomic mass is 32.2. The zero-order chi connectivity index (χ0) is 17.2. The quantitative estimate of drug-likeness (QED) is 0.805. The van der Waals surface area contributed by atoms with Crippen molar-refractivity contribution in [3.63, 3.8) is 0 Å². The summed E-state index contributed by atoms with van der Waals surface area (Å²) in [5.41, 5.74) is 2.19. The predicted molar refractivity (Wildman–Crippen MR) is 94.8 cm³/mol. The summed E-state index contributed by atoms with van der Waals surface area (Å²) in [4.78, 5) is 2.72. The summed E-state index contributed by atoms with van der Waals surface area (Å²) in [6, 6.07) is 11.2. The molecule has 1 saturated heterocycles. The summed E-state index contributed by atoms with van der Waals surface area (Å²) >= 11 is 0. The Labute approximate surface area is 144 Å². The van der Waals surface area contributed by atoms with Crippen LogP contribution in [0.3, 0.4) is 0 Å². The lowest BCUT2D eigenvalue weighted by Gasteiger charge is -2.24. The molecule has 0 aliphatic carbocycles. The van der Waals surface area contributed by atoms with E-state index in [4.69, 9.17) is 0 Å². The van der Waals surface area contributed by atoms with Crippen LogP contribution in [0.5, 0.6) is 0 Å². The molecule has 0 N–H and O–H groups in total. The molecule has 24 heavy (non-hydrogen) atoms. The van der Waals surface area contributed by atoms with E-state index < -0.39 is 9.84 Å². The molecule has 1 aliphatic rings. The van der Waals surface area contributed by atoms with Gasteiger partial charge in [-0.15, -0.1) is 0 Å². The highest BCUT2D eigenvalue weighted by molar-refractivity contribution is 7.91. The van der Waals surface area contributed by atoms with Crippen molar-refractivity contribution in [2.75, 3.05) is 18.8 Å². The molecule has 1 aromatic heterocycles. The Hall–Kier alpha value is -1.66. The fourth-order valence-corrected chi connectivity index (χ4v) is 4.72. The fraction of sp³-hybridized carbons (Fsp3) is 0.500. The second kappa shape index (κ2) is 7.07. The van der Waals surface area contributed by atoms with Gasteiger partial charge < -0.3 is 0 Å². The number of aromatic nitrogens is 2. The highest BCUT2D eigenvalue weighted by Gasteiger charge is 2.27. The van der Waals surface area contributed by atoms with Gasteiger partial charge in [-0.2, -0.15) is 5.10 Å². The first-order valence-corrected chi connectivity index (χ1v) is 10.1. The standard InChI is InChI=1S/C18H25N3O2S/c1-15-13-16(2)21(19-15)14-17-7-6-10-20(17)11-12-24(22,23)18-8-4-3-5-9-18/h3-5,8-9,13,17H,6-7,10-12,14H2,1-2H3/t17-/m0/s1. The number of aryl methyl sites for hydroxylation is 2. The monoisotopic (exact) mass is 347 g/mol. The van der Waals surface area contributed by atoms with Gasteiger partial charge in [-0.25, -0.2) is 8.42 Å². The molecule has 1 aromatic carbocycles. The summed E-state index contributed by atoms with van der Waals surface area (Å²) < 4.78 is 27.0. The van der Waals surface area contributed by atoms with Crippen molar-refractivity contribution in [2.45, 2.75) is 44.2 Å². The van der Waals surface area contributed by atoms with Crippen LogP contribution >= 0.6 is 0 Å². The molecular weight excluding hydrogens is 322 g/mol. The van der Waals surface area contributed by atoms with Gasteiger partial charge >= 0.3 is 0 Å². The van der Waals surface area contributed by atoms with Crippen molar-refractivity contribution >= 4 is 9.84 Å². The van der Waals surface area contributed by atoms with E-state index in [0.29, 0.717) is 17.5 Å². The van der Waals surface area contributed by atoms with Crippen LogP contribution in [0.4, 0.5) is 0 Å². The van der Waals surface area contributed by atoms with E-state index in [0.717, 1.165) is 37.3 Å². The Morgan fingerprint density at radius 1 is 1.21 bits per heavy atom. The average molecular weight is 347 g/mol. The largest absolute Gasteiger partial charge is 0.298 e. The maximum Gasteiger partial charge on any atom is 0.179 e. The smallest absolute Gasteiger partial charge is 0.179 e. The summed E-state index contributed by atoms with van der Waals surface area (Å²) in [6.45, 7) is 6.46. The molecule has 0 saturated carbocycles. The van der Waals surface area contributed by atoms with Gasteiger partial charge in [0.15, 0.2) is 9.84 Å². The van der Waals surface area contributed by atoms with Crippen LogP contribution in [-0.4, -0.2) is 48.0 Å². The van der Waals surface area contributed by atoms with Crippen molar-refractivity contribution in [3.05, 3.63) is 47.8 Å². The number of nitrogens with zero attached hydrogens (tertiary/aromatic N) is 3. The zero-order valence-corrected chi connectivity index (χ0v) is 15.2. The van der Waals surface area contributed by atoms with Gasteiger partial charge in [0.05, 0.1) is 22.9 Å². The van der Waals surface area contributed by atoms with Crippen molar-refractivity contribution in [1.29, 1.82) is 0 Å². The summed E-state index contributed by atoms with van der Waals surface area (Å²) in [5, 5.41) is 4.54. The molecule has 0 bridgehead atoms. The van der Waals surface area contributed by atoms with Gasteiger partial charge in [0, 0.05) is 18.3 Å². The first-order chi connectivity index (χ1) is 11.5. The van der Waals surface area contributed by atoms with Gasteiger partial charge in [-0.05, 0) is 51.4 Å². The number of hydrogen-bond donors (Lipinski definition) is 0. The minimum atomic E-state index is -3.21. The van der Waals surface area contributed by atoms with E-state index in [1.165, 1.54) is 0 Å². The predicted octanol–water partition coefficient (Wildman–Crippen LogP) is 2.44. The minimum Gasteiger partial charge on any atom is -0.298 e. The van der Waals surface area contributed by atoms with E-state index in [9.17, 15) is 8.42 Å². The number of sulfone groups is 1. The van der Waals surface area contributed by atoms with Gasteiger partial charge in [0.2, 0.25) is 0 Å². The van der Waals surface area contributed by atoms with Crippen LogP contribution < -0.4 is 0 Å². The molecule has 3 rings (SSSR count). The molecule has 2 aromatic rings. The van der Waals surface area contributed by atoms with E-state index in [-0.39, 0.29) is 5.75 Å². The van der Waals surface area contributed by atoms with Gasteiger partial charge in [0.1, 0.15) is 0 Å². The molecule has 1 aliphatic heterocycles. The maximum absolute atomic E-state index is 12.5. The second-order valence-electron chi connectivity index (χ2n) is 6.57. The van der Waals surface area contributed by atoms with E-state index in [1.807, 2.05) is 17.7 Å². The highest BCUT2D eigenvalue weighted by Crippen LogP contribution is 2.20. The molecular formula is C18H25N3O2S. The second-order valence-corrected chi connectivity index (χ2v) is 8.68. The first-order valence-electron chi connectivity index (χ1n) is 8.48. The Morgan fingerprint density at radius 2 is 1.96 bits per heavy atom. The maximum atomic E-state index is 12.5. The zero-order valence-electron chi connectivity index (χ0n) is 14.4. The lowest BCUT2D eigenvalue weighted by atomic mass is 10.2. The van der Waals surface area contributed by atoms with Crippen LogP contribution in [0.15, 0.2) is 41.3 Å². The molecule has 2 heterocycles. The Kier molecular flexibility index (Phi) is 5.06. The molecule has 0 spiro atoms. The third kappa shape index (κ3) is 3.87. The third-order valence-electron chi connectivity index (χ3n) is 4.74. The molecule has 0 amide bonds. The van der Waals surface area contributed by atoms with Crippen LogP contribution in [0.2, 0.25) is 0 Å². The van der Waals surface area contributed by atoms with Crippen molar-refractivity contribution < 1.29 is 8.42 Å². The van der Waals surface area contributed by atoms with Crippen LogP contribution in [0.1, 0.15) is 24.2 Å². The number of rotatable bonds is 6. The van der Waals surface area contributed by atoms with Gasteiger partial charge in [0.25, 0.3) is 0 Å². The fourth-order valence-electron chi connectivity index (χ4n) is 3.44. The molecule has 6 heteroatoms. The summed E-state index contributed by atoms with van der Waals surface area (Å²) in [5.74, 6) is 0.171. The van der Waals surface area contributed by atoms with E-state index in [2.05, 4.69) is 23.0 Å². The number of benzene rings is 1. The first kappa shape index (κ1) is 17.2. The van der Waals surface area contributed by atoms with Gasteiger partial charge in [-0.3, -0.25) is 9.58 Å². The molecule has 5 nitrogen and oxygen atoms in total. The Morgan fingerprint density at radius 3 is 2.62 bits per heavy atom. The Bertz CT molecular complexity index is 784. The van der Waals surface area contributed by atoms with Crippen molar-refractivity contribution in [3.8, 4) is 0 Å². The van der Waals surface area contributed by atoms with Crippen molar-refractivity contribution in [2.24, 2.45) is 0 Å². The summed E-state index contributed by atoms with van der Waals surface area (Å²) in [6.07, 6.45) is 2.22. The number of hydrogen-bond acceptors (Lipinski definition) is 4. The van der Waals surface area contributed by atoms with Crippen molar-refractivity contribution in [1.82, 2.24) is 14.7 Å². The SMILES string of the molecule is Cc1cc(C)n(C[C@@H]2CCCN2CCS(=O)(=O)c2ccccc2)n1. The van der Waals surface area contributed by atoms with E-state index in [1.54, 1.807) is 24.3 Å². The molecule has 1 fully saturated rings. The lowest BCUT2D eigenvalue weighted by Crippen LogP contribution is -2.36. The van der Waals surface area contributed by atoms with Crippen LogP contribution in [0, 0.1) is 13.8 Å². The average Bonchev–Trinajstić information content (AvgIpc) is 3.13. The van der Waals surface area contributed by atoms with Crippen LogP contribution in [0.25, 0.3) is 0 Å². The minimum absolute atomic E-state index is 0.171. The molecule has 130 valence electrons. The molecule has 1 atom stereocenters. The topological polar surface area (TPSA) is 55.2 Å². The van der Waals surface area contributed by atoms with Crippen LogP contribution in [-0.2, 0) is 16.4 Å². The normalized spacial score (nSPS) is 19.0. The molecule has 0 radical (unpaired) electrons. The lowest BCUT2D eigenvalue weighted by molar-refractivity contribution is 0.238. The summed E-state index contributed by atoms with van der Waals surface area (Å²) in [7, 11) is -3.21.